The predicted molar refractivity (Wildman–Crippen MR) is 88.2 cm³/mol. The molecule has 2 aromatic rings. The maximum absolute atomic E-state index is 3.62. The predicted octanol–water partition coefficient (Wildman–Crippen LogP) is 5.45. The second kappa shape index (κ2) is 7.22. The van der Waals surface area contributed by atoms with E-state index < -0.39 is 0 Å². The van der Waals surface area contributed by atoms with Crippen LogP contribution in [0.25, 0.3) is 0 Å². The highest BCUT2D eigenvalue weighted by molar-refractivity contribution is 9.10. The Morgan fingerprint density at radius 3 is 2.53 bits per heavy atom. The molecular formula is C16H17Br2N. The third-order valence-electron chi connectivity index (χ3n) is 3.16. The van der Waals surface area contributed by atoms with Crippen molar-refractivity contribution in [1.82, 2.24) is 5.32 Å². The Labute approximate surface area is 131 Å². The molecule has 1 unspecified atom stereocenters. The highest BCUT2D eigenvalue weighted by atomic mass is 79.9. The number of hydrogen-bond acceptors (Lipinski definition) is 1. The lowest BCUT2D eigenvalue weighted by atomic mass is 10.0. The molecule has 0 aliphatic carbocycles. The Balaban J connectivity index is 2.06. The standard InChI is InChI=1S/C16H17Br2N/c1-2-16(12-7-5-8-14(17)10-12)19-11-13-6-3-4-9-15(13)18/h3-10,16,19H,2,11H2,1H3. The van der Waals surface area contributed by atoms with Gasteiger partial charge in [0, 0.05) is 21.5 Å². The van der Waals surface area contributed by atoms with Crippen LogP contribution in [0.1, 0.15) is 30.5 Å². The molecule has 100 valence electrons. The van der Waals surface area contributed by atoms with Gasteiger partial charge in [0.2, 0.25) is 0 Å². The van der Waals surface area contributed by atoms with Gasteiger partial charge in [0.1, 0.15) is 0 Å². The van der Waals surface area contributed by atoms with Gasteiger partial charge < -0.3 is 5.32 Å². The molecule has 2 rings (SSSR count). The monoisotopic (exact) mass is 381 g/mol. The molecule has 0 saturated heterocycles. The first-order chi connectivity index (χ1) is 9.20. The average Bonchev–Trinajstić information content (AvgIpc) is 2.41. The van der Waals surface area contributed by atoms with Gasteiger partial charge in [0.25, 0.3) is 0 Å². The van der Waals surface area contributed by atoms with Crippen LogP contribution < -0.4 is 5.32 Å². The molecule has 0 heterocycles. The molecule has 0 fully saturated rings. The van der Waals surface area contributed by atoms with E-state index in [1.807, 2.05) is 6.07 Å². The second-order valence-corrected chi connectivity index (χ2v) is 6.26. The lowest BCUT2D eigenvalue weighted by Crippen LogP contribution is -2.20. The zero-order valence-corrected chi connectivity index (χ0v) is 14.0. The topological polar surface area (TPSA) is 12.0 Å². The highest BCUT2D eigenvalue weighted by Gasteiger charge is 2.09. The summed E-state index contributed by atoms with van der Waals surface area (Å²) in [7, 11) is 0. The van der Waals surface area contributed by atoms with Gasteiger partial charge >= 0.3 is 0 Å². The first kappa shape index (κ1) is 14.8. The average molecular weight is 383 g/mol. The second-order valence-electron chi connectivity index (χ2n) is 4.49. The van der Waals surface area contributed by atoms with Crippen LogP contribution in [0.2, 0.25) is 0 Å². The minimum atomic E-state index is 0.379. The van der Waals surface area contributed by atoms with Crippen LogP contribution in [0.5, 0.6) is 0 Å². The van der Waals surface area contributed by atoms with E-state index >= 15 is 0 Å². The molecular weight excluding hydrogens is 366 g/mol. The van der Waals surface area contributed by atoms with Crippen molar-refractivity contribution in [1.29, 1.82) is 0 Å². The molecule has 0 radical (unpaired) electrons. The number of hydrogen-bond donors (Lipinski definition) is 1. The highest BCUT2D eigenvalue weighted by Crippen LogP contribution is 2.22. The van der Waals surface area contributed by atoms with E-state index in [-0.39, 0.29) is 0 Å². The zero-order valence-electron chi connectivity index (χ0n) is 10.9. The number of benzene rings is 2. The van der Waals surface area contributed by atoms with Crippen LogP contribution in [-0.4, -0.2) is 0 Å². The Bertz CT molecular complexity index is 540. The van der Waals surface area contributed by atoms with Crippen LogP contribution in [-0.2, 0) is 6.54 Å². The first-order valence-electron chi connectivity index (χ1n) is 6.43. The van der Waals surface area contributed by atoms with Gasteiger partial charge in [-0.25, -0.2) is 0 Å². The minimum Gasteiger partial charge on any atom is -0.306 e. The Morgan fingerprint density at radius 2 is 1.84 bits per heavy atom. The fraction of sp³-hybridized carbons (Fsp3) is 0.250. The van der Waals surface area contributed by atoms with Crippen LogP contribution in [0, 0.1) is 0 Å². The van der Waals surface area contributed by atoms with E-state index in [9.17, 15) is 0 Å². The first-order valence-corrected chi connectivity index (χ1v) is 8.01. The quantitative estimate of drug-likeness (QED) is 0.724. The maximum Gasteiger partial charge on any atom is 0.0321 e. The molecule has 2 aromatic carbocycles. The van der Waals surface area contributed by atoms with Crippen LogP contribution >= 0.6 is 31.9 Å². The molecule has 1 atom stereocenters. The SMILES string of the molecule is CCC(NCc1ccccc1Br)c1cccc(Br)c1. The van der Waals surface area contributed by atoms with Gasteiger partial charge in [-0.15, -0.1) is 0 Å². The number of rotatable bonds is 5. The molecule has 0 aliphatic heterocycles. The normalized spacial score (nSPS) is 12.4. The molecule has 19 heavy (non-hydrogen) atoms. The summed E-state index contributed by atoms with van der Waals surface area (Å²) >= 11 is 7.12. The van der Waals surface area contributed by atoms with Gasteiger partial charge in [-0.2, -0.15) is 0 Å². The zero-order chi connectivity index (χ0) is 13.7. The van der Waals surface area contributed by atoms with E-state index in [1.165, 1.54) is 11.1 Å². The summed E-state index contributed by atoms with van der Waals surface area (Å²) in [6.45, 7) is 3.07. The molecule has 0 saturated carbocycles. The molecule has 3 heteroatoms. The van der Waals surface area contributed by atoms with Crippen molar-refractivity contribution in [3.05, 3.63) is 68.6 Å². The minimum absolute atomic E-state index is 0.379. The Hall–Kier alpha value is -0.640. The molecule has 1 nitrogen and oxygen atoms in total. The molecule has 0 bridgehead atoms. The van der Waals surface area contributed by atoms with Crippen molar-refractivity contribution in [2.75, 3.05) is 0 Å². The lowest BCUT2D eigenvalue weighted by Gasteiger charge is -2.18. The summed E-state index contributed by atoms with van der Waals surface area (Å²) in [5.41, 5.74) is 2.61. The van der Waals surface area contributed by atoms with Gasteiger partial charge in [0.15, 0.2) is 0 Å². The van der Waals surface area contributed by atoms with Crippen molar-refractivity contribution >= 4 is 31.9 Å². The van der Waals surface area contributed by atoms with E-state index in [4.69, 9.17) is 0 Å². The van der Waals surface area contributed by atoms with E-state index in [0.29, 0.717) is 6.04 Å². The Morgan fingerprint density at radius 1 is 1.05 bits per heavy atom. The van der Waals surface area contributed by atoms with Crippen LogP contribution in [0.15, 0.2) is 57.5 Å². The van der Waals surface area contributed by atoms with Gasteiger partial charge in [0.05, 0.1) is 0 Å². The van der Waals surface area contributed by atoms with Crippen molar-refractivity contribution in [3.8, 4) is 0 Å². The number of halogens is 2. The Kier molecular flexibility index (Phi) is 5.61. The molecule has 0 aliphatic rings. The number of nitrogens with one attached hydrogen (secondary N) is 1. The van der Waals surface area contributed by atoms with E-state index in [0.717, 1.165) is 21.9 Å². The van der Waals surface area contributed by atoms with Crippen molar-refractivity contribution in [3.63, 3.8) is 0 Å². The summed E-state index contributed by atoms with van der Waals surface area (Å²) < 4.78 is 2.29. The van der Waals surface area contributed by atoms with Gasteiger partial charge in [-0.3, -0.25) is 0 Å². The third-order valence-corrected chi connectivity index (χ3v) is 4.42. The largest absolute Gasteiger partial charge is 0.306 e. The van der Waals surface area contributed by atoms with Gasteiger partial charge in [-0.05, 0) is 35.7 Å². The lowest BCUT2D eigenvalue weighted by molar-refractivity contribution is 0.518. The van der Waals surface area contributed by atoms with Crippen LogP contribution in [0.3, 0.4) is 0 Å². The molecule has 0 aromatic heterocycles. The molecule has 0 spiro atoms. The summed E-state index contributed by atoms with van der Waals surface area (Å²) in [5, 5.41) is 3.62. The smallest absolute Gasteiger partial charge is 0.0321 e. The molecule has 1 N–H and O–H groups in total. The summed E-state index contributed by atoms with van der Waals surface area (Å²) in [5.74, 6) is 0. The third kappa shape index (κ3) is 4.16. The van der Waals surface area contributed by atoms with Gasteiger partial charge in [-0.1, -0.05) is 69.1 Å². The van der Waals surface area contributed by atoms with Crippen molar-refractivity contribution in [2.24, 2.45) is 0 Å². The maximum atomic E-state index is 3.62. The summed E-state index contributed by atoms with van der Waals surface area (Å²) in [4.78, 5) is 0. The summed E-state index contributed by atoms with van der Waals surface area (Å²) in [6.07, 6.45) is 1.07. The molecule has 0 amide bonds. The van der Waals surface area contributed by atoms with Crippen molar-refractivity contribution < 1.29 is 0 Å². The fourth-order valence-electron chi connectivity index (χ4n) is 2.10. The van der Waals surface area contributed by atoms with Crippen molar-refractivity contribution in [2.45, 2.75) is 25.9 Å². The fourth-order valence-corrected chi connectivity index (χ4v) is 2.94. The van der Waals surface area contributed by atoms with Crippen LogP contribution in [0.4, 0.5) is 0 Å². The van der Waals surface area contributed by atoms with E-state index in [2.05, 4.69) is 86.6 Å². The van der Waals surface area contributed by atoms with E-state index in [1.54, 1.807) is 0 Å². The summed E-state index contributed by atoms with van der Waals surface area (Å²) in [6, 6.07) is 17.2.